The molecule has 3 rings (SSSR count). The Labute approximate surface area is 165 Å². The Bertz CT molecular complexity index is 649. The van der Waals surface area contributed by atoms with E-state index in [0.29, 0.717) is 31.1 Å². The maximum atomic E-state index is 13.2. The van der Waals surface area contributed by atoms with Crippen molar-refractivity contribution >= 4 is 11.6 Å². The van der Waals surface area contributed by atoms with Crippen LogP contribution in [0.5, 0.6) is 0 Å². The third-order valence-corrected chi connectivity index (χ3v) is 5.91. The summed E-state index contributed by atoms with van der Waals surface area (Å²) in [6, 6.07) is 10.1. The van der Waals surface area contributed by atoms with Crippen LogP contribution in [0.3, 0.4) is 0 Å². The number of benzene rings is 1. The normalized spacial score (nSPS) is 24.3. The van der Waals surface area contributed by atoms with Crippen LogP contribution in [0.15, 0.2) is 24.3 Å². The molecule has 27 heavy (non-hydrogen) atoms. The number of anilines is 1. The minimum Gasteiger partial charge on any atom is -0.385 e. The van der Waals surface area contributed by atoms with Crippen molar-refractivity contribution in [1.82, 2.24) is 9.80 Å². The lowest BCUT2D eigenvalue weighted by molar-refractivity contribution is -0.134. The van der Waals surface area contributed by atoms with Crippen molar-refractivity contribution in [2.75, 3.05) is 18.4 Å². The second kappa shape index (κ2) is 8.22. The van der Waals surface area contributed by atoms with E-state index in [1.165, 1.54) is 30.5 Å². The van der Waals surface area contributed by atoms with Crippen molar-refractivity contribution < 1.29 is 4.79 Å². The monoisotopic (exact) mass is 371 g/mol. The molecule has 1 amide bonds. The van der Waals surface area contributed by atoms with Gasteiger partial charge in [0.15, 0.2) is 0 Å². The summed E-state index contributed by atoms with van der Waals surface area (Å²) in [4.78, 5) is 18.0. The van der Waals surface area contributed by atoms with Crippen molar-refractivity contribution in [3.05, 3.63) is 29.8 Å². The molecular weight excluding hydrogens is 334 g/mol. The standard InChI is InChI=1S/C23H37N3O/c1-17(2)26-19-10-11-20(26)16-25(22(27)14-23(3,4)5)15-18-8-6-7-9-21(18)24-13-12-19/h6-9,17,19-20,24H,10-16H2,1-5H3/t19-,20+/m1/s1. The molecule has 4 heteroatoms. The third-order valence-electron chi connectivity index (χ3n) is 5.91. The Morgan fingerprint density at radius 3 is 2.56 bits per heavy atom. The molecule has 1 fully saturated rings. The highest BCUT2D eigenvalue weighted by molar-refractivity contribution is 5.77. The SMILES string of the molecule is CC(C)N1[C@H]2CCNc3ccccc3CN(C(=O)CC(C)(C)C)C[C@@H]1CC2. The van der Waals surface area contributed by atoms with Crippen LogP contribution >= 0.6 is 0 Å². The number of hydrogen-bond donors (Lipinski definition) is 1. The van der Waals surface area contributed by atoms with Gasteiger partial charge in [0.1, 0.15) is 0 Å². The van der Waals surface area contributed by atoms with Crippen LogP contribution in [-0.2, 0) is 11.3 Å². The summed E-state index contributed by atoms with van der Waals surface area (Å²) in [6.07, 6.45) is 4.21. The number of carbonyl (C=O) groups is 1. The quantitative estimate of drug-likeness (QED) is 0.831. The molecule has 0 saturated carbocycles. The molecular formula is C23H37N3O. The first kappa shape index (κ1) is 20.2. The van der Waals surface area contributed by atoms with E-state index in [-0.39, 0.29) is 11.3 Å². The molecule has 1 N–H and O–H groups in total. The van der Waals surface area contributed by atoms with Gasteiger partial charge >= 0.3 is 0 Å². The summed E-state index contributed by atoms with van der Waals surface area (Å²) in [5, 5.41) is 3.65. The zero-order valence-corrected chi connectivity index (χ0v) is 17.8. The molecule has 1 aromatic rings. The van der Waals surface area contributed by atoms with E-state index < -0.39 is 0 Å². The van der Waals surface area contributed by atoms with Gasteiger partial charge in [0, 0.05) is 49.9 Å². The Kier molecular flexibility index (Phi) is 6.15. The summed E-state index contributed by atoms with van der Waals surface area (Å²) in [7, 11) is 0. The average molecular weight is 372 g/mol. The molecule has 0 aromatic heterocycles. The molecule has 1 saturated heterocycles. The van der Waals surface area contributed by atoms with E-state index in [1.807, 2.05) is 0 Å². The largest absolute Gasteiger partial charge is 0.385 e. The Hall–Kier alpha value is -1.55. The number of carbonyl (C=O) groups excluding carboxylic acids is 1. The van der Waals surface area contributed by atoms with Crippen LogP contribution in [0.25, 0.3) is 0 Å². The van der Waals surface area contributed by atoms with Gasteiger partial charge in [0.25, 0.3) is 0 Å². The smallest absolute Gasteiger partial charge is 0.223 e. The van der Waals surface area contributed by atoms with Crippen LogP contribution in [0.4, 0.5) is 5.69 Å². The molecule has 2 heterocycles. The van der Waals surface area contributed by atoms with Crippen molar-refractivity contribution in [2.45, 2.75) is 85.0 Å². The lowest BCUT2D eigenvalue weighted by Gasteiger charge is -2.37. The maximum absolute atomic E-state index is 13.2. The van der Waals surface area contributed by atoms with Crippen molar-refractivity contribution in [2.24, 2.45) is 5.41 Å². The number of amides is 1. The number of rotatable bonds is 2. The van der Waals surface area contributed by atoms with Crippen LogP contribution in [0.1, 0.15) is 65.9 Å². The fourth-order valence-corrected chi connectivity index (χ4v) is 4.79. The van der Waals surface area contributed by atoms with Gasteiger partial charge in [-0.15, -0.1) is 0 Å². The number of nitrogens with zero attached hydrogens (tertiary/aromatic N) is 2. The predicted molar refractivity (Wildman–Crippen MR) is 113 cm³/mol. The summed E-state index contributed by atoms with van der Waals surface area (Å²) in [5.41, 5.74) is 2.42. The van der Waals surface area contributed by atoms with Crippen molar-refractivity contribution in [3.63, 3.8) is 0 Å². The third kappa shape index (κ3) is 5.04. The molecule has 2 bridgehead atoms. The highest BCUT2D eigenvalue weighted by atomic mass is 16.2. The second-order valence-electron chi connectivity index (χ2n) is 9.81. The van der Waals surface area contributed by atoms with Crippen LogP contribution in [0.2, 0.25) is 0 Å². The molecule has 2 atom stereocenters. The summed E-state index contributed by atoms with van der Waals surface area (Å²) in [5.74, 6) is 0.281. The van der Waals surface area contributed by atoms with Crippen molar-refractivity contribution in [3.8, 4) is 0 Å². The molecule has 4 nitrogen and oxygen atoms in total. The summed E-state index contributed by atoms with van der Waals surface area (Å²) >= 11 is 0. The molecule has 2 aliphatic rings. The zero-order chi connectivity index (χ0) is 19.6. The van der Waals surface area contributed by atoms with E-state index in [4.69, 9.17) is 0 Å². The van der Waals surface area contributed by atoms with E-state index in [0.717, 1.165) is 13.1 Å². The van der Waals surface area contributed by atoms with Gasteiger partial charge in [-0.1, -0.05) is 39.0 Å². The molecule has 0 aliphatic carbocycles. The molecule has 0 radical (unpaired) electrons. The number of nitrogens with one attached hydrogen (secondary N) is 1. The predicted octanol–water partition coefficient (Wildman–Crippen LogP) is 4.51. The number of hydrogen-bond acceptors (Lipinski definition) is 3. The Morgan fingerprint density at radius 1 is 1.15 bits per heavy atom. The first-order valence-electron chi connectivity index (χ1n) is 10.6. The van der Waals surface area contributed by atoms with Gasteiger partial charge < -0.3 is 10.2 Å². The molecule has 150 valence electrons. The Balaban J connectivity index is 1.91. The summed E-state index contributed by atoms with van der Waals surface area (Å²) in [6.45, 7) is 13.6. The van der Waals surface area contributed by atoms with E-state index in [1.54, 1.807) is 0 Å². The van der Waals surface area contributed by atoms with Gasteiger partial charge in [-0.2, -0.15) is 0 Å². The molecule has 0 spiro atoms. The van der Waals surface area contributed by atoms with Crippen LogP contribution < -0.4 is 5.32 Å². The topological polar surface area (TPSA) is 35.6 Å². The lowest BCUT2D eigenvalue weighted by Crippen LogP contribution is -2.48. The van der Waals surface area contributed by atoms with E-state index >= 15 is 0 Å². The van der Waals surface area contributed by atoms with Gasteiger partial charge in [-0.25, -0.2) is 0 Å². The average Bonchev–Trinajstić information content (AvgIpc) is 2.95. The minimum absolute atomic E-state index is 0.0109. The first-order chi connectivity index (χ1) is 12.7. The number of fused-ring (bicyclic) bond motifs is 3. The first-order valence-corrected chi connectivity index (χ1v) is 10.6. The van der Waals surface area contributed by atoms with E-state index in [9.17, 15) is 4.79 Å². The van der Waals surface area contributed by atoms with E-state index in [2.05, 4.69) is 74.0 Å². The van der Waals surface area contributed by atoms with Crippen LogP contribution in [0, 0.1) is 5.41 Å². The van der Waals surface area contributed by atoms with Gasteiger partial charge in [0.05, 0.1) is 0 Å². The molecule has 2 aliphatic heterocycles. The van der Waals surface area contributed by atoms with Gasteiger partial charge in [-0.3, -0.25) is 9.69 Å². The highest BCUT2D eigenvalue weighted by Gasteiger charge is 2.37. The molecule has 1 aromatic carbocycles. The Morgan fingerprint density at radius 2 is 1.85 bits per heavy atom. The number of para-hydroxylation sites is 1. The second-order valence-corrected chi connectivity index (χ2v) is 9.81. The zero-order valence-electron chi connectivity index (χ0n) is 17.8. The van der Waals surface area contributed by atoms with Gasteiger partial charge in [-0.05, 0) is 50.2 Å². The maximum Gasteiger partial charge on any atom is 0.223 e. The fraction of sp³-hybridized carbons (Fsp3) is 0.696. The summed E-state index contributed by atoms with van der Waals surface area (Å²) < 4.78 is 0. The fourth-order valence-electron chi connectivity index (χ4n) is 4.79. The van der Waals surface area contributed by atoms with Crippen molar-refractivity contribution in [1.29, 1.82) is 0 Å². The minimum atomic E-state index is 0.0109. The lowest BCUT2D eigenvalue weighted by atomic mass is 9.91. The molecule has 0 unspecified atom stereocenters. The van der Waals surface area contributed by atoms with Gasteiger partial charge in [0.2, 0.25) is 5.91 Å². The highest BCUT2D eigenvalue weighted by Crippen LogP contribution is 2.32. The van der Waals surface area contributed by atoms with Crippen LogP contribution in [-0.4, -0.2) is 46.9 Å².